The second-order valence-electron chi connectivity index (χ2n) is 8.43. The Bertz CT molecular complexity index is 1340. The highest BCUT2D eigenvalue weighted by molar-refractivity contribution is 8.00. The lowest BCUT2D eigenvalue weighted by molar-refractivity contribution is -0.137. The van der Waals surface area contributed by atoms with Gasteiger partial charge in [0.15, 0.2) is 0 Å². The summed E-state index contributed by atoms with van der Waals surface area (Å²) in [6.45, 7) is 0.337. The summed E-state index contributed by atoms with van der Waals surface area (Å²) in [7, 11) is 0. The van der Waals surface area contributed by atoms with Gasteiger partial charge in [-0.2, -0.15) is 13.2 Å². The Morgan fingerprint density at radius 3 is 2.06 bits per heavy atom. The molecule has 1 atom stereocenters. The number of alkyl halides is 3. The van der Waals surface area contributed by atoms with Gasteiger partial charge in [0.1, 0.15) is 4.75 Å². The quantitative estimate of drug-likeness (QED) is 0.281. The summed E-state index contributed by atoms with van der Waals surface area (Å²) < 4.78 is 39.8. The number of halogens is 3. The first-order chi connectivity index (χ1) is 16.9. The summed E-state index contributed by atoms with van der Waals surface area (Å²) in [5.74, 6) is 0.235. The zero-order chi connectivity index (χ0) is 24.5. The van der Waals surface area contributed by atoms with E-state index in [1.165, 1.54) is 17.8 Å². The van der Waals surface area contributed by atoms with Crippen LogP contribution in [0.3, 0.4) is 0 Å². The van der Waals surface area contributed by atoms with Gasteiger partial charge in [0.2, 0.25) is 0 Å². The van der Waals surface area contributed by atoms with Crippen molar-refractivity contribution in [1.29, 1.82) is 0 Å². The molecule has 0 unspecified atom stereocenters. The van der Waals surface area contributed by atoms with Crippen molar-refractivity contribution >= 4 is 23.4 Å². The fourth-order valence-electron chi connectivity index (χ4n) is 4.53. The number of amides is 1. The highest BCUT2D eigenvalue weighted by Crippen LogP contribution is 2.54. The van der Waals surface area contributed by atoms with E-state index >= 15 is 0 Å². The molecule has 176 valence electrons. The molecule has 0 aromatic heterocycles. The minimum atomic E-state index is -4.51. The van der Waals surface area contributed by atoms with Crippen LogP contribution in [-0.4, -0.2) is 5.91 Å². The van der Waals surface area contributed by atoms with Crippen molar-refractivity contribution in [2.45, 2.75) is 23.2 Å². The maximum atomic E-state index is 14.3. The summed E-state index contributed by atoms with van der Waals surface area (Å²) in [5.41, 5.74) is 2.95. The second-order valence-corrected chi connectivity index (χ2v) is 9.62. The normalized spacial score (nSPS) is 17.5. The molecule has 0 saturated carbocycles. The van der Waals surface area contributed by atoms with E-state index in [1.807, 2.05) is 84.9 Å². The molecule has 1 aliphatic heterocycles. The van der Waals surface area contributed by atoms with Crippen LogP contribution in [0.4, 0.5) is 18.9 Å². The van der Waals surface area contributed by atoms with Crippen molar-refractivity contribution in [3.8, 4) is 0 Å². The Hall–Kier alpha value is -3.51. The van der Waals surface area contributed by atoms with Crippen LogP contribution in [0.25, 0.3) is 0 Å². The number of para-hydroxylation sites is 1. The van der Waals surface area contributed by atoms with Crippen LogP contribution in [0.15, 0.2) is 109 Å². The first kappa shape index (κ1) is 23.2. The molecule has 0 N–H and O–H groups in total. The number of benzene rings is 4. The van der Waals surface area contributed by atoms with Crippen LogP contribution < -0.4 is 4.90 Å². The number of hydrogen-bond acceptors (Lipinski definition) is 2. The SMILES string of the molecule is O=C1N(Cc2ccccc2)c2ccccc2[C@@]1(SCc1ccccc1)c1cccc(C(F)(F)F)c1. The van der Waals surface area contributed by atoms with Gasteiger partial charge in [-0.25, -0.2) is 0 Å². The maximum Gasteiger partial charge on any atom is 0.416 e. The van der Waals surface area contributed by atoms with Gasteiger partial charge < -0.3 is 4.90 Å². The van der Waals surface area contributed by atoms with Crippen LogP contribution in [0.5, 0.6) is 0 Å². The van der Waals surface area contributed by atoms with E-state index in [4.69, 9.17) is 0 Å². The van der Waals surface area contributed by atoms with Crippen LogP contribution in [0, 0.1) is 0 Å². The minimum absolute atomic E-state index is 0.234. The van der Waals surface area contributed by atoms with Gasteiger partial charge in [0, 0.05) is 17.0 Å². The molecule has 0 aliphatic carbocycles. The lowest BCUT2D eigenvalue weighted by atomic mass is 9.90. The largest absolute Gasteiger partial charge is 0.416 e. The van der Waals surface area contributed by atoms with Gasteiger partial charge in [-0.1, -0.05) is 91.0 Å². The fraction of sp³-hybridized carbons (Fsp3) is 0.138. The molecule has 2 nitrogen and oxygen atoms in total. The van der Waals surface area contributed by atoms with Crippen LogP contribution in [0.1, 0.15) is 27.8 Å². The molecule has 1 amide bonds. The van der Waals surface area contributed by atoms with Crippen LogP contribution in [0.2, 0.25) is 0 Å². The summed E-state index contributed by atoms with van der Waals surface area (Å²) in [6.07, 6.45) is -4.51. The van der Waals surface area contributed by atoms with Crippen molar-refractivity contribution in [2.24, 2.45) is 0 Å². The van der Waals surface area contributed by atoms with Crippen LogP contribution in [-0.2, 0) is 28.0 Å². The van der Waals surface area contributed by atoms with Crippen LogP contribution >= 0.6 is 11.8 Å². The third-order valence-electron chi connectivity index (χ3n) is 6.20. The lowest BCUT2D eigenvalue weighted by Crippen LogP contribution is -2.39. The van der Waals surface area contributed by atoms with E-state index in [9.17, 15) is 18.0 Å². The number of fused-ring (bicyclic) bond motifs is 1. The second kappa shape index (κ2) is 9.27. The Labute approximate surface area is 206 Å². The first-order valence-electron chi connectivity index (χ1n) is 11.2. The maximum absolute atomic E-state index is 14.3. The number of rotatable bonds is 6. The Morgan fingerprint density at radius 1 is 0.743 bits per heavy atom. The number of nitrogens with zero attached hydrogens (tertiary/aromatic N) is 1. The lowest BCUT2D eigenvalue weighted by Gasteiger charge is -2.30. The van der Waals surface area contributed by atoms with Gasteiger partial charge in [0.25, 0.3) is 5.91 Å². The number of anilines is 1. The third-order valence-corrected chi connectivity index (χ3v) is 7.74. The van der Waals surface area contributed by atoms with Crippen molar-refractivity contribution in [3.63, 3.8) is 0 Å². The zero-order valence-corrected chi connectivity index (χ0v) is 19.5. The smallest absolute Gasteiger partial charge is 0.306 e. The predicted molar refractivity (Wildman–Crippen MR) is 134 cm³/mol. The van der Waals surface area contributed by atoms with Gasteiger partial charge in [0.05, 0.1) is 12.1 Å². The molecule has 4 aromatic carbocycles. The Balaban J connectivity index is 1.66. The van der Waals surface area contributed by atoms with Gasteiger partial charge in [-0.05, 0) is 34.9 Å². The number of carbonyl (C=O) groups is 1. The molecule has 4 aromatic rings. The van der Waals surface area contributed by atoms with Crippen molar-refractivity contribution in [1.82, 2.24) is 0 Å². The standard InChI is InChI=1S/C29H22F3NOS/c30-29(31,32)24-15-9-14-23(18-24)28(35-20-22-12-5-2-6-13-22)25-16-7-8-17-26(25)33(27(28)34)19-21-10-3-1-4-11-21/h1-18H,19-20H2/t28-/m0/s1. The number of carbonyl (C=O) groups excluding carboxylic acids is 1. The van der Waals surface area contributed by atoms with E-state index in [2.05, 4.69) is 0 Å². The third kappa shape index (κ3) is 4.34. The molecule has 0 spiro atoms. The van der Waals surface area contributed by atoms with E-state index in [1.54, 1.807) is 11.0 Å². The van der Waals surface area contributed by atoms with Gasteiger partial charge >= 0.3 is 6.18 Å². The fourth-order valence-corrected chi connectivity index (χ4v) is 5.96. The molecule has 6 heteroatoms. The number of hydrogen-bond donors (Lipinski definition) is 0. The van der Waals surface area contributed by atoms with E-state index in [0.717, 1.165) is 28.9 Å². The Kier molecular flexibility index (Phi) is 6.15. The summed E-state index contributed by atoms with van der Waals surface area (Å²) in [6, 6.07) is 31.9. The number of thioether (sulfide) groups is 1. The van der Waals surface area contributed by atoms with Gasteiger partial charge in [-0.3, -0.25) is 4.79 Å². The molecule has 35 heavy (non-hydrogen) atoms. The molecule has 1 heterocycles. The highest BCUT2D eigenvalue weighted by Gasteiger charge is 2.53. The van der Waals surface area contributed by atoms with Crippen molar-refractivity contribution in [3.05, 3.63) is 137 Å². The van der Waals surface area contributed by atoms with Gasteiger partial charge in [-0.15, -0.1) is 11.8 Å². The predicted octanol–water partition coefficient (Wildman–Crippen LogP) is 7.43. The minimum Gasteiger partial charge on any atom is -0.306 e. The molecule has 0 radical (unpaired) electrons. The molecule has 0 fully saturated rings. The van der Waals surface area contributed by atoms with Crippen molar-refractivity contribution in [2.75, 3.05) is 4.90 Å². The molecular formula is C29H22F3NOS. The van der Waals surface area contributed by atoms with E-state index < -0.39 is 16.5 Å². The Morgan fingerprint density at radius 2 is 1.37 bits per heavy atom. The van der Waals surface area contributed by atoms with Crippen molar-refractivity contribution < 1.29 is 18.0 Å². The summed E-state index contributed by atoms with van der Waals surface area (Å²) in [4.78, 5) is 16.0. The monoisotopic (exact) mass is 489 g/mol. The average molecular weight is 490 g/mol. The molecule has 1 aliphatic rings. The van der Waals surface area contributed by atoms with E-state index in [0.29, 0.717) is 23.4 Å². The highest BCUT2D eigenvalue weighted by atomic mass is 32.2. The average Bonchev–Trinajstić information content (AvgIpc) is 3.12. The topological polar surface area (TPSA) is 20.3 Å². The summed E-state index contributed by atoms with van der Waals surface area (Å²) in [5, 5.41) is 0. The van der Waals surface area contributed by atoms with E-state index in [-0.39, 0.29) is 5.91 Å². The molecular weight excluding hydrogens is 467 g/mol. The zero-order valence-electron chi connectivity index (χ0n) is 18.7. The summed E-state index contributed by atoms with van der Waals surface area (Å²) >= 11 is 1.36. The molecule has 5 rings (SSSR count). The first-order valence-corrected chi connectivity index (χ1v) is 12.2. The molecule has 0 saturated heterocycles. The molecule has 0 bridgehead atoms.